The zero-order valence-corrected chi connectivity index (χ0v) is 13.0. The molecule has 108 valence electrons. The van der Waals surface area contributed by atoms with Crippen molar-refractivity contribution in [2.24, 2.45) is 0 Å². The van der Waals surface area contributed by atoms with E-state index in [1.807, 2.05) is 13.8 Å². The average molecular weight is 343 g/mol. The van der Waals surface area contributed by atoms with Crippen LogP contribution in [-0.2, 0) is 4.79 Å². The summed E-state index contributed by atoms with van der Waals surface area (Å²) in [4.78, 5) is 16.2. The van der Waals surface area contributed by atoms with Crippen molar-refractivity contribution in [2.75, 3.05) is 5.73 Å². The quantitative estimate of drug-likeness (QED) is 0.900. The number of nitrogens with zero attached hydrogens (tertiary/aromatic N) is 2. The average Bonchev–Trinajstić information content (AvgIpc) is 2.63. The Kier molecular flexibility index (Phi) is 3.99. The summed E-state index contributed by atoms with van der Waals surface area (Å²) < 4.78 is 15.5. The number of nitrogen functional groups attached to an aromatic ring is 1. The lowest BCUT2D eigenvalue weighted by molar-refractivity contribution is -0.124. The summed E-state index contributed by atoms with van der Waals surface area (Å²) >= 11 is 3.10. The molecule has 0 radical (unpaired) electrons. The standard InChI is InChI=1S/C13H16BrFN4O/c1-6(2)17-12(20)7(3)19-11-5-9(15)8(14)4-10(11)18-13(19)16/h4-7H,1-3H3,(H2,16,18)(H,17,20). The molecular weight excluding hydrogens is 327 g/mol. The number of amides is 1. The van der Waals surface area contributed by atoms with Gasteiger partial charge in [-0.05, 0) is 42.8 Å². The zero-order valence-electron chi connectivity index (χ0n) is 11.4. The number of aromatic nitrogens is 2. The van der Waals surface area contributed by atoms with Gasteiger partial charge in [0.1, 0.15) is 11.9 Å². The second kappa shape index (κ2) is 5.40. The molecule has 20 heavy (non-hydrogen) atoms. The van der Waals surface area contributed by atoms with Crippen molar-refractivity contribution in [1.82, 2.24) is 14.9 Å². The molecule has 0 aliphatic carbocycles. The highest BCUT2D eigenvalue weighted by Crippen LogP contribution is 2.27. The van der Waals surface area contributed by atoms with Gasteiger partial charge in [-0.2, -0.15) is 0 Å². The number of halogens is 2. The maximum absolute atomic E-state index is 13.7. The first-order chi connectivity index (χ1) is 9.31. The number of imidazole rings is 1. The molecule has 1 atom stereocenters. The third-order valence-corrected chi connectivity index (χ3v) is 3.56. The van der Waals surface area contributed by atoms with E-state index in [9.17, 15) is 9.18 Å². The van der Waals surface area contributed by atoms with E-state index in [1.165, 1.54) is 10.6 Å². The molecule has 0 bridgehead atoms. The van der Waals surface area contributed by atoms with Crippen LogP contribution in [0.1, 0.15) is 26.8 Å². The van der Waals surface area contributed by atoms with Crippen LogP contribution in [0.2, 0.25) is 0 Å². The molecule has 5 nitrogen and oxygen atoms in total. The van der Waals surface area contributed by atoms with Crippen LogP contribution in [-0.4, -0.2) is 21.5 Å². The Morgan fingerprint density at radius 3 is 2.70 bits per heavy atom. The summed E-state index contributed by atoms with van der Waals surface area (Å²) in [6.45, 7) is 5.45. The molecular formula is C13H16BrFN4O. The number of nitrogens with two attached hydrogens (primary N) is 1. The molecule has 0 spiro atoms. The third kappa shape index (κ3) is 2.63. The van der Waals surface area contributed by atoms with E-state index in [4.69, 9.17) is 5.73 Å². The molecule has 1 heterocycles. The van der Waals surface area contributed by atoms with E-state index in [2.05, 4.69) is 26.2 Å². The number of benzene rings is 1. The van der Waals surface area contributed by atoms with E-state index in [0.717, 1.165) is 0 Å². The summed E-state index contributed by atoms with van der Waals surface area (Å²) in [5.41, 5.74) is 6.89. The fraction of sp³-hybridized carbons (Fsp3) is 0.385. The fourth-order valence-electron chi connectivity index (χ4n) is 2.04. The van der Waals surface area contributed by atoms with Crippen molar-refractivity contribution < 1.29 is 9.18 Å². The van der Waals surface area contributed by atoms with E-state index in [0.29, 0.717) is 15.5 Å². The monoisotopic (exact) mass is 342 g/mol. The van der Waals surface area contributed by atoms with Crippen molar-refractivity contribution in [2.45, 2.75) is 32.9 Å². The molecule has 0 aliphatic heterocycles. The van der Waals surface area contributed by atoms with Crippen LogP contribution in [0.5, 0.6) is 0 Å². The van der Waals surface area contributed by atoms with Crippen LogP contribution in [0.4, 0.5) is 10.3 Å². The summed E-state index contributed by atoms with van der Waals surface area (Å²) in [5.74, 6) is -0.423. The summed E-state index contributed by atoms with van der Waals surface area (Å²) in [6.07, 6.45) is 0. The number of carbonyl (C=O) groups excluding carboxylic acids is 1. The van der Waals surface area contributed by atoms with E-state index < -0.39 is 11.9 Å². The maximum Gasteiger partial charge on any atom is 0.243 e. The van der Waals surface area contributed by atoms with Gasteiger partial charge in [0.15, 0.2) is 0 Å². The maximum atomic E-state index is 13.7. The number of rotatable bonds is 3. The second-order valence-electron chi connectivity index (χ2n) is 4.93. The Balaban J connectivity index is 2.51. The SMILES string of the molecule is CC(C)NC(=O)C(C)n1c(N)nc2cc(Br)c(F)cc21. The Bertz CT molecular complexity index is 668. The molecule has 2 aromatic rings. The Hall–Kier alpha value is -1.63. The van der Waals surface area contributed by atoms with Gasteiger partial charge in [0.2, 0.25) is 11.9 Å². The number of fused-ring (bicyclic) bond motifs is 1. The molecule has 2 rings (SSSR count). The molecule has 1 aromatic heterocycles. The highest BCUT2D eigenvalue weighted by molar-refractivity contribution is 9.10. The summed E-state index contributed by atoms with van der Waals surface area (Å²) in [6, 6.07) is 2.32. The van der Waals surface area contributed by atoms with Crippen molar-refractivity contribution >= 4 is 38.8 Å². The molecule has 3 N–H and O–H groups in total. The number of nitrogens with one attached hydrogen (secondary N) is 1. The molecule has 7 heteroatoms. The van der Waals surface area contributed by atoms with Gasteiger partial charge in [0.05, 0.1) is 15.5 Å². The topological polar surface area (TPSA) is 72.9 Å². The first kappa shape index (κ1) is 14.8. The minimum absolute atomic E-state index is 0.0202. The Morgan fingerprint density at radius 2 is 2.10 bits per heavy atom. The molecule has 1 amide bonds. The Morgan fingerprint density at radius 1 is 1.45 bits per heavy atom. The van der Waals surface area contributed by atoms with Crippen molar-refractivity contribution in [3.05, 3.63) is 22.4 Å². The van der Waals surface area contributed by atoms with Gasteiger partial charge in [-0.15, -0.1) is 0 Å². The number of hydrogen-bond donors (Lipinski definition) is 2. The number of anilines is 1. The van der Waals surface area contributed by atoms with Gasteiger partial charge < -0.3 is 11.1 Å². The van der Waals surface area contributed by atoms with Crippen LogP contribution in [0.3, 0.4) is 0 Å². The molecule has 1 aromatic carbocycles. The van der Waals surface area contributed by atoms with Gasteiger partial charge in [0, 0.05) is 12.1 Å². The van der Waals surface area contributed by atoms with Crippen molar-refractivity contribution in [3.8, 4) is 0 Å². The highest BCUT2D eigenvalue weighted by Gasteiger charge is 2.21. The van der Waals surface area contributed by atoms with Crippen LogP contribution in [0.25, 0.3) is 11.0 Å². The highest BCUT2D eigenvalue weighted by atomic mass is 79.9. The first-order valence-corrected chi connectivity index (χ1v) is 7.03. The van der Waals surface area contributed by atoms with Gasteiger partial charge in [-0.3, -0.25) is 9.36 Å². The number of hydrogen-bond acceptors (Lipinski definition) is 3. The van der Waals surface area contributed by atoms with E-state index >= 15 is 0 Å². The van der Waals surface area contributed by atoms with Gasteiger partial charge in [0.25, 0.3) is 0 Å². The smallest absolute Gasteiger partial charge is 0.243 e. The molecule has 0 saturated carbocycles. The molecule has 0 aliphatic rings. The van der Waals surface area contributed by atoms with Gasteiger partial charge in [-0.1, -0.05) is 0 Å². The normalized spacial score (nSPS) is 12.9. The summed E-state index contributed by atoms with van der Waals surface area (Å²) in [7, 11) is 0. The van der Waals surface area contributed by atoms with Crippen LogP contribution >= 0.6 is 15.9 Å². The van der Waals surface area contributed by atoms with E-state index in [1.54, 1.807) is 13.0 Å². The summed E-state index contributed by atoms with van der Waals surface area (Å²) in [5, 5.41) is 2.80. The lowest BCUT2D eigenvalue weighted by atomic mass is 10.2. The molecule has 0 saturated heterocycles. The second-order valence-corrected chi connectivity index (χ2v) is 5.79. The third-order valence-electron chi connectivity index (χ3n) is 2.96. The fourth-order valence-corrected chi connectivity index (χ4v) is 2.37. The van der Waals surface area contributed by atoms with Crippen LogP contribution in [0.15, 0.2) is 16.6 Å². The molecule has 1 unspecified atom stereocenters. The number of carbonyl (C=O) groups is 1. The predicted octanol–water partition coefficient (Wildman–Crippen LogP) is 2.61. The first-order valence-electron chi connectivity index (χ1n) is 6.24. The van der Waals surface area contributed by atoms with E-state index in [-0.39, 0.29) is 17.9 Å². The largest absolute Gasteiger partial charge is 0.369 e. The van der Waals surface area contributed by atoms with Gasteiger partial charge >= 0.3 is 0 Å². The lowest BCUT2D eigenvalue weighted by Crippen LogP contribution is -2.36. The Labute approximate surface area is 124 Å². The predicted molar refractivity (Wildman–Crippen MR) is 79.8 cm³/mol. The van der Waals surface area contributed by atoms with Crippen molar-refractivity contribution in [1.29, 1.82) is 0 Å². The zero-order chi connectivity index (χ0) is 15.0. The minimum Gasteiger partial charge on any atom is -0.369 e. The molecule has 0 fully saturated rings. The minimum atomic E-state index is -0.567. The van der Waals surface area contributed by atoms with Crippen LogP contribution < -0.4 is 11.1 Å². The van der Waals surface area contributed by atoms with Gasteiger partial charge in [-0.25, -0.2) is 9.37 Å². The van der Waals surface area contributed by atoms with Crippen LogP contribution in [0, 0.1) is 5.82 Å². The lowest BCUT2D eigenvalue weighted by Gasteiger charge is -2.17. The van der Waals surface area contributed by atoms with Crippen molar-refractivity contribution in [3.63, 3.8) is 0 Å².